The second-order valence-corrected chi connectivity index (χ2v) is 6.08. The summed E-state index contributed by atoms with van der Waals surface area (Å²) in [5.74, 6) is 0.152. The predicted octanol–water partition coefficient (Wildman–Crippen LogP) is 1.55. The third kappa shape index (κ3) is 2.68. The van der Waals surface area contributed by atoms with Gasteiger partial charge in [-0.3, -0.25) is 14.6 Å². The monoisotopic (exact) mass is 300 g/mol. The molecule has 0 radical (unpaired) electrons. The topological polar surface area (TPSA) is 78.1 Å². The molecule has 0 bridgehead atoms. The second-order valence-electron chi connectivity index (χ2n) is 6.08. The third-order valence-electron chi connectivity index (χ3n) is 3.94. The van der Waals surface area contributed by atoms with Crippen LogP contribution in [0.2, 0.25) is 0 Å². The molecule has 3 heterocycles. The van der Waals surface area contributed by atoms with Crippen LogP contribution in [-0.4, -0.2) is 45.8 Å². The Hall–Kier alpha value is -2.37. The molecular formula is C16H20N4O2. The zero-order chi connectivity index (χ0) is 15.7. The van der Waals surface area contributed by atoms with Crippen LogP contribution in [0.4, 0.5) is 0 Å². The van der Waals surface area contributed by atoms with Crippen molar-refractivity contribution in [1.82, 2.24) is 20.2 Å². The van der Waals surface area contributed by atoms with Crippen LogP contribution in [-0.2, 0) is 4.79 Å². The van der Waals surface area contributed by atoms with Crippen molar-refractivity contribution in [2.24, 2.45) is 5.92 Å². The smallest absolute Gasteiger partial charge is 0.271 e. The summed E-state index contributed by atoms with van der Waals surface area (Å²) in [5, 5.41) is 3.74. The Morgan fingerprint density at radius 3 is 3.05 bits per heavy atom. The van der Waals surface area contributed by atoms with Gasteiger partial charge in [0.25, 0.3) is 5.91 Å². The molecule has 1 fully saturated rings. The molecule has 6 nitrogen and oxygen atoms in total. The molecule has 6 heteroatoms. The van der Waals surface area contributed by atoms with Crippen LogP contribution in [0.25, 0.3) is 10.9 Å². The zero-order valence-corrected chi connectivity index (χ0v) is 12.8. The summed E-state index contributed by atoms with van der Waals surface area (Å²) < 4.78 is 0. The van der Waals surface area contributed by atoms with E-state index in [0.29, 0.717) is 31.1 Å². The number of carbonyl (C=O) groups excluding carboxylic acids is 2. The second kappa shape index (κ2) is 5.79. The highest BCUT2D eigenvalue weighted by molar-refractivity contribution is 6.00. The summed E-state index contributed by atoms with van der Waals surface area (Å²) in [6, 6.07) is 3.23. The highest BCUT2D eigenvalue weighted by atomic mass is 16.2. The van der Waals surface area contributed by atoms with Gasteiger partial charge in [0.15, 0.2) is 0 Å². The van der Waals surface area contributed by atoms with Gasteiger partial charge in [0, 0.05) is 36.4 Å². The largest absolute Gasteiger partial charge is 0.353 e. The number of nitrogens with zero attached hydrogens (tertiary/aromatic N) is 2. The van der Waals surface area contributed by atoms with Gasteiger partial charge in [-0.2, -0.15) is 0 Å². The molecule has 2 N–H and O–H groups in total. The summed E-state index contributed by atoms with van der Waals surface area (Å²) in [6.07, 6.45) is 4.07. The van der Waals surface area contributed by atoms with Gasteiger partial charge in [0.1, 0.15) is 11.7 Å². The minimum Gasteiger partial charge on any atom is -0.353 e. The van der Waals surface area contributed by atoms with Crippen LogP contribution in [0.1, 0.15) is 30.8 Å². The molecular weight excluding hydrogens is 280 g/mol. The van der Waals surface area contributed by atoms with Crippen LogP contribution in [0.3, 0.4) is 0 Å². The van der Waals surface area contributed by atoms with Crippen molar-refractivity contribution in [2.45, 2.75) is 26.3 Å². The molecule has 0 aliphatic carbocycles. The van der Waals surface area contributed by atoms with E-state index in [1.807, 2.05) is 6.07 Å². The Balaban J connectivity index is 1.89. The summed E-state index contributed by atoms with van der Waals surface area (Å²) in [7, 11) is 0. The Labute approximate surface area is 128 Å². The van der Waals surface area contributed by atoms with Crippen molar-refractivity contribution in [2.75, 3.05) is 13.1 Å². The third-order valence-corrected chi connectivity index (χ3v) is 3.94. The van der Waals surface area contributed by atoms with Crippen LogP contribution in [0, 0.1) is 5.92 Å². The number of H-pyrrole nitrogens is 1. The Morgan fingerprint density at radius 1 is 1.50 bits per heavy atom. The van der Waals surface area contributed by atoms with E-state index in [0.717, 1.165) is 10.9 Å². The van der Waals surface area contributed by atoms with Gasteiger partial charge in [-0.1, -0.05) is 13.8 Å². The number of pyridine rings is 1. The number of aromatic nitrogens is 2. The van der Waals surface area contributed by atoms with E-state index in [2.05, 4.69) is 29.1 Å². The first-order valence-electron chi connectivity index (χ1n) is 7.57. The fourth-order valence-electron chi connectivity index (χ4n) is 2.88. The van der Waals surface area contributed by atoms with Gasteiger partial charge in [-0.25, -0.2) is 0 Å². The van der Waals surface area contributed by atoms with E-state index >= 15 is 0 Å². The molecule has 0 spiro atoms. The first-order valence-corrected chi connectivity index (χ1v) is 7.57. The van der Waals surface area contributed by atoms with E-state index in [4.69, 9.17) is 0 Å². The number of nitrogens with one attached hydrogen (secondary N) is 2. The molecule has 0 saturated carbocycles. The zero-order valence-electron chi connectivity index (χ0n) is 12.8. The summed E-state index contributed by atoms with van der Waals surface area (Å²) >= 11 is 0. The number of hydrogen-bond acceptors (Lipinski definition) is 3. The van der Waals surface area contributed by atoms with Crippen LogP contribution < -0.4 is 5.32 Å². The lowest BCUT2D eigenvalue weighted by molar-refractivity contribution is -0.128. The molecule has 1 aliphatic rings. The molecule has 22 heavy (non-hydrogen) atoms. The molecule has 3 rings (SSSR count). The lowest BCUT2D eigenvalue weighted by Crippen LogP contribution is -2.57. The summed E-state index contributed by atoms with van der Waals surface area (Å²) in [6.45, 7) is 5.15. The van der Waals surface area contributed by atoms with Crippen molar-refractivity contribution in [3.05, 3.63) is 30.2 Å². The normalized spacial score (nSPS) is 18.8. The van der Waals surface area contributed by atoms with E-state index in [-0.39, 0.29) is 11.8 Å². The number of amides is 2. The average Bonchev–Trinajstić information content (AvgIpc) is 2.92. The molecule has 2 amide bonds. The van der Waals surface area contributed by atoms with Gasteiger partial charge < -0.3 is 15.2 Å². The van der Waals surface area contributed by atoms with Crippen molar-refractivity contribution >= 4 is 22.7 Å². The first kappa shape index (κ1) is 14.6. The molecule has 116 valence electrons. The van der Waals surface area contributed by atoms with Gasteiger partial charge in [0.2, 0.25) is 5.91 Å². The molecule has 1 atom stereocenters. The van der Waals surface area contributed by atoms with Gasteiger partial charge in [0.05, 0.1) is 0 Å². The van der Waals surface area contributed by atoms with Gasteiger partial charge in [-0.15, -0.1) is 0 Å². The van der Waals surface area contributed by atoms with Gasteiger partial charge >= 0.3 is 0 Å². The average molecular weight is 300 g/mol. The Kier molecular flexibility index (Phi) is 3.83. The maximum Gasteiger partial charge on any atom is 0.271 e. The van der Waals surface area contributed by atoms with Crippen LogP contribution in [0.15, 0.2) is 24.5 Å². The van der Waals surface area contributed by atoms with E-state index < -0.39 is 6.04 Å². The number of carbonyl (C=O) groups is 2. The minimum absolute atomic E-state index is 0.0638. The van der Waals surface area contributed by atoms with Crippen molar-refractivity contribution < 1.29 is 9.59 Å². The van der Waals surface area contributed by atoms with E-state index in [1.165, 1.54) is 0 Å². The molecule has 1 saturated heterocycles. The number of fused-ring (bicyclic) bond motifs is 1. The SMILES string of the molecule is CC(C)CC1C(=O)NCCN1C(=O)c1cc2cnccc2[nH]1. The number of aromatic amines is 1. The first-order chi connectivity index (χ1) is 10.6. The summed E-state index contributed by atoms with van der Waals surface area (Å²) in [5.41, 5.74) is 1.38. The number of rotatable bonds is 3. The molecule has 1 unspecified atom stereocenters. The maximum atomic E-state index is 12.8. The fraction of sp³-hybridized carbons (Fsp3) is 0.438. The lowest BCUT2D eigenvalue weighted by atomic mass is 9.99. The van der Waals surface area contributed by atoms with Crippen molar-refractivity contribution in [3.63, 3.8) is 0 Å². The standard InChI is InChI=1S/C16H20N4O2/c1-10(2)7-14-15(21)18-5-6-20(14)16(22)13-8-11-9-17-4-3-12(11)19-13/h3-4,8-10,14,19H,5-7H2,1-2H3,(H,18,21). The maximum absolute atomic E-state index is 12.8. The predicted molar refractivity (Wildman–Crippen MR) is 83.4 cm³/mol. The number of hydrogen-bond donors (Lipinski definition) is 2. The quantitative estimate of drug-likeness (QED) is 0.902. The fourth-order valence-corrected chi connectivity index (χ4v) is 2.88. The van der Waals surface area contributed by atoms with Crippen molar-refractivity contribution in [3.8, 4) is 0 Å². The van der Waals surface area contributed by atoms with Gasteiger partial charge in [-0.05, 0) is 24.5 Å². The lowest BCUT2D eigenvalue weighted by Gasteiger charge is -2.35. The Morgan fingerprint density at radius 2 is 2.32 bits per heavy atom. The van der Waals surface area contributed by atoms with Crippen LogP contribution in [0.5, 0.6) is 0 Å². The summed E-state index contributed by atoms with van der Waals surface area (Å²) in [4.78, 5) is 33.8. The molecule has 1 aliphatic heterocycles. The minimum atomic E-state index is -0.397. The highest BCUT2D eigenvalue weighted by Gasteiger charge is 2.34. The molecule has 2 aromatic rings. The Bertz CT molecular complexity index is 674. The van der Waals surface area contributed by atoms with E-state index in [9.17, 15) is 9.59 Å². The molecule has 0 aromatic carbocycles. The highest BCUT2D eigenvalue weighted by Crippen LogP contribution is 2.20. The van der Waals surface area contributed by atoms with Crippen LogP contribution >= 0.6 is 0 Å². The number of piperazine rings is 1. The molecule has 2 aromatic heterocycles. The van der Waals surface area contributed by atoms with E-state index in [1.54, 1.807) is 23.4 Å². The van der Waals surface area contributed by atoms with Crippen molar-refractivity contribution in [1.29, 1.82) is 0 Å².